The third-order valence-electron chi connectivity index (χ3n) is 4.60. The molecule has 150 valence electrons. The first-order valence-corrected chi connectivity index (χ1v) is 9.84. The smallest absolute Gasteiger partial charge is 0.231 e. The van der Waals surface area contributed by atoms with Gasteiger partial charge in [0, 0.05) is 23.6 Å². The average molecular weight is 411 g/mol. The van der Waals surface area contributed by atoms with E-state index in [9.17, 15) is 0 Å². The van der Waals surface area contributed by atoms with Crippen LogP contribution in [0.3, 0.4) is 0 Å². The topological polar surface area (TPSA) is 66.6 Å². The van der Waals surface area contributed by atoms with Gasteiger partial charge in [0.2, 0.25) is 11.6 Å². The molecular formula is C21H21N3O4S. The molecule has 1 aromatic heterocycles. The molecule has 7 nitrogen and oxygen atoms in total. The maximum Gasteiger partial charge on any atom is 0.231 e. The molecule has 0 saturated carbocycles. The fourth-order valence-electron chi connectivity index (χ4n) is 3.08. The Morgan fingerprint density at radius 3 is 2.66 bits per heavy atom. The Balaban J connectivity index is 1.83. The molecule has 29 heavy (non-hydrogen) atoms. The van der Waals surface area contributed by atoms with E-state index in [0.717, 1.165) is 50.3 Å². The highest BCUT2D eigenvalue weighted by Gasteiger charge is 2.16. The lowest BCUT2D eigenvalue weighted by Gasteiger charge is -2.11. The molecule has 0 atom stereocenters. The molecule has 8 heteroatoms. The average Bonchev–Trinajstić information content (AvgIpc) is 3.39. The molecule has 0 spiro atoms. The van der Waals surface area contributed by atoms with Gasteiger partial charge in [0.15, 0.2) is 11.5 Å². The van der Waals surface area contributed by atoms with Crippen LogP contribution in [0.25, 0.3) is 11.3 Å². The van der Waals surface area contributed by atoms with Gasteiger partial charge in [0.25, 0.3) is 0 Å². The molecule has 0 N–H and O–H groups in total. The zero-order chi connectivity index (χ0) is 20.4. The monoisotopic (exact) mass is 411 g/mol. The second-order valence-electron chi connectivity index (χ2n) is 6.26. The van der Waals surface area contributed by atoms with E-state index in [4.69, 9.17) is 24.0 Å². The van der Waals surface area contributed by atoms with Gasteiger partial charge in [-0.3, -0.25) is 4.99 Å². The van der Waals surface area contributed by atoms with Crippen LogP contribution < -0.4 is 23.7 Å². The van der Waals surface area contributed by atoms with Gasteiger partial charge in [-0.05, 0) is 43.3 Å². The Bertz CT molecular complexity index is 1150. The highest BCUT2D eigenvalue weighted by atomic mass is 32.1. The van der Waals surface area contributed by atoms with Crippen LogP contribution in [0.15, 0.2) is 51.9 Å². The second-order valence-corrected chi connectivity index (χ2v) is 7.10. The Kier molecular flexibility index (Phi) is 5.26. The SMILES string of the molecule is CN=c1scc(-c2cc(OC)ccc2OC)n1N=C(C)c1ccc2c(c1)OCO2. The van der Waals surface area contributed by atoms with Gasteiger partial charge in [-0.2, -0.15) is 5.10 Å². The summed E-state index contributed by atoms with van der Waals surface area (Å²) in [6.45, 7) is 2.20. The predicted octanol–water partition coefficient (Wildman–Crippen LogP) is 3.77. The van der Waals surface area contributed by atoms with Crippen LogP contribution in [0, 0.1) is 0 Å². The van der Waals surface area contributed by atoms with Crippen LogP contribution in [0.1, 0.15) is 12.5 Å². The van der Waals surface area contributed by atoms with Crippen LogP contribution in [0.4, 0.5) is 0 Å². The molecule has 2 heterocycles. The lowest BCUT2D eigenvalue weighted by Crippen LogP contribution is -2.14. The Labute approximate surface area is 172 Å². The minimum Gasteiger partial charge on any atom is -0.497 e. The third-order valence-corrected chi connectivity index (χ3v) is 5.51. The summed E-state index contributed by atoms with van der Waals surface area (Å²) in [6, 6.07) is 11.5. The second kappa shape index (κ2) is 8.00. The van der Waals surface area contributed by atoms with E-state index >= 15 is 0 Å². The number of ether oxygens (including phenoxy) is 4. The van der Waals surface area contributed by atoms with Gasteiger partial charge in [0.1, 0.15) is 11.5 Å². The molecule has 1 aliphatic heterocycles. The number of thiazole rings is 1. The van der Waals surface area contributed by atoms with Crippen molar-refractivity contribution in [2.45, 2.75) is 6.92 Å². The number of aromatic nitrogens is 1. The molecule has 2 aromatic carbocycles. The van der Waals surface area contributed by atoms with Crippen LogP contribution in [-0.2, 0) is 0 Å². The fourth-order valence-corrected chi connectivity index (χ4v) is 3.86. The molecule has 4 rings (SSSR count). The first-order valence-electron chi connectivity index (χ1n) is 8.96. The first kappa shape index (κ1) is 19.1. The molecule has 0 amide bonds. The number of benzene rings is 2. The number of rotatable bonds is 5. The van der Waals surface area contributed by atoms with Gasteiger partial charge < -0.3 is 18.9 Å². The molecule has 0 saturated heterocycles. The van der Waals surface area contributed by atoms with Crippen molar-refractivity contribution < 1.29 is 18.9 Å². The summed E-state index contributed by atoms with van der Waals surface area (Å²) >= 11 is 1.51. The van der Waals surface area contributed by atoms with E-state index in [-0.39, 0.29) is 6.79 Å². The van der Waals surface area contributed by atoms with Crippen molar-refractivity contribution in [2.24, 2.45) is 10.1 Å². The Hall–Kier alpha value is -3.26. The van der Waals surface area contributed by atoms with Crippen molar-refractivity contribution in [1.82, 2.24) is 4.68 Å². The summed E-state index contributed by atoms with van der Waals surface area (Å²) in [7, 11) is 5.04. The van der Waals surface area contributed by atoms with Crippen LogP contribution in [0.5, 0.6) is 23.0 Å². The van der Waals surface area contributed by atoms with Crippen molar-refractivity contribution in [1.29, 1.82) is 0 Å². The van der Waals surface area contributed by atoms with Crippen molar-refractivity contribution >= 4 is 17.0 Å². The Morgan fingerprint density at radius 2 is 1.90 bits per heavy atom. The number of hydrogen-bond donors (Lipinski definition) is 0. The van der Waals surface area contributed by atoms with Crippen molar-refractivity contribution in [3.05, 3.63) is 52.1 Å². The van der Waals surface area contributed by atoms with Crippen LogP contribution >= 0.6 is 11.3 Å². The summed E-state index contributed by atoms with van der Waals surface area (Å²) in [5.41, 5.74) is 3.50. The highest BCUT2D eigenvalue weighted by molar-refractivity contribution is 7.07. The molecule has 0 aliphatic carbocycles. The van der Waals surface area contributed by atoms with Gasteiger partial charge >= 0.3 is 0 Å². The molecule has 0 radical (unpaired) electrons. The van der Waals surface area contributed by atoms with E-state index in [1.54, 1.807) is 21.3 Å². The summed E-state index contributed by atoms with van der Waals surface area (Å²) in [4.78, 5) is 5.15. The number of hydrogen-bond acceptors (Lipinski definition) is 7. The minimum absolute atomic E-state index is 0.243. The van der Waals surface area contributed by atoms with Crippen molar-refractivity contribution in [3.63, 3.8) is 0 Å². The van der Waals surface area contributed by atoms with E-state index in [2.05, 4.69) is 4.99 Å². The van der Waals surface area contributed by atoms with Gasteiger partial charge in [-0.15, -0.1) is 11.3 Å². The normalized spacial score (nSPS) is 13.7. The van der Waals surface area contributed by atoms with Crippen LogP contribution in [0.2, 0.25) is 0 Å². The van der Waals surface area contributed by atoms with Crippen molar-refractivity contribution in [3.8, 4) is 34.3 Å². The van der Waals surface area contributed by atoms with Gasteiger partial charge in [0.05, 0.1) is 25.6 Å². The summed E-state index contributed by atoms with van der Waals surface area (Å²) < 4.78 is 23.7. The minimum atomic E-state index is 0.243. The molecule has 0 bridgehead atoms. The van der Waals surface area contributed by atoms with E-state index in [0.29, 0.717) is 0 Å². The largest absolute Gasteiger partial charge is 0.497 e. The fraction of sp³-hybridized carbons (Fsp3) is 0.238. The number of nitrogens with zero attached hydrogens (tertiary/aromatic N) is 3. The lowest BCUT2D eigenvalue weighted by molar-refractivity contribution is 0.174. The predicted molar refractivity (Wildman–Crippen MR) is 113 cm³/mol. The van der Waals surface area contributed by atoms with Gasteiger partial charge in [-0.25, -0.2) is 4.68 Å². The highest BCUT2D eigenvalue weighted by Crippen LogP contribution is 2.35. The quantitative estimate of drug-likeness (QED) is 0.600. The molecule has 3 aromatic rings. The van der Waals surface area contributed by atoms with Crippen molar-refractivity contribution in [2.75, 3.05) is 28.1 Å². The summed E-state index contributed by atoms with van der Waals surface area (Å²) in [5, 5.41) is 6.86. The summed E-state index contributed by atoms with van der Waals surface area (Å²) in [6.07, 6.45) is 0. The zero-order valence-electron chi connectivity index (χ0n) is 16.6. The number of fused-ring (bicyclic) bond motifs is 1. The molecule has 0 fully saturated rings. The van der Waals surface area contributed by atoms with E-state index < -0.39 is 0 Å². The molecular weight excluding hydrogens is 390 g/mol. The lowest BCUT2D eigenvalue weighted by atomic mass is 10.1. The standard InChI is InChI=1S/C21H21N3O4S/c1-13(14-5-7-19-20(9-14)28-12-27-19)23-24-17(11-29-21(24)22-2)16-10-15(25-3)6-8-18(16)26-4/h5-11H,12H2,1-4H3. The molecule has 0 unspecified atom stereocenters. The maximum atomic E-state index is 5.56. The Morgan fingerprint density at radius 1 is 1.07 bits per heavy atom. The zero-order valence-corrected chi connectivity index (χ0v) is 17.4. The van der Waals surface area contributed by atoms with Gasteiger partial charge in [-0.1, -0.05) is 0 Å². The van der Waals surface area contributed by atoms with E-state index in [1.807, 2.05) is 53.4 Å². The van der Waals surface area contributed by atoms with Crippen LogP contribution in [-0.4, -0.2) is 38.4 Å². The third kappa shape index (κ3) is 3.58. The number of methoxy groups -OCH3 is 2. The summed E-state index contributed by atoms with van der Waals surface area (Å²) in [5.74, 6) is 2.94. The van der Waals surface area contributed by atoms with E-state index in [1.165, 1.54) is 11.3 Å². The molecule has 1 aliphatic rings. The first-order chi connectivity index (χ1) is 14.1. The maximum absolute atomic E-state index is 5.56.